The van der Waals surface area contributed by atoms with Crippen molar-refractivity contribution in [3.8, 4) is 11.1 Å². The summed E-state index contributed by atoms with van der Waals surface area (Å²) in [5.74, 6) is 0.151. The Labute approximate surface area is 168 Å². The first-order chi connectivity index (χ1) is 13.5. The highest BCUT2D eigenvalue weighted by Gasteiger charge is 2.24. The van der Waals surface area contributed by atoms with E-state index < -0.39 is 11.6 Å². The minimum absolute atomic E-state index is 0.0560. The topological polar surface area (TPSA) is 56.5 Å². The molecule has 28 heavy (non-hydrogen) atoms. The lowest BCUT2D eigenvalue weighted by Gasteiger charge is -2.26. The van der Waals surface area contributed by atoms with E-state index in [2.05, 4.69) is 6.92 Å². The number of carbonyl (C=O) groups excluding carboxylic acids is 1. The molecule has 0 N–H and O–H groups in total. The van der Waals surface area contributed by atoms with Gasteiger partial charge in [-0.1, -0.05) is 49.2 Å². The number of hydrogen-bond acceptors (Lipinski definition) is 4. The maximum Gasteiger partial charge on any atom is 0.344 e. The summed E-state index contributed by atoms with van der Waals surface area (Å²) >= 11 is 6.36. The first kappa shape index (κ1) is 18.8. The highest BCUT2D eigenvalue weighted by atomic mass is 35.5. The molecule has 1 aliphatic carbocycles. The van der Waals surface area contributed by atoms with Crippen LogP contribution < -0.4 is 5.63 Å². The second kappa shape index (κ2) is 7.80. The van der Waals surface area contributed by atoms with E-state index in [-0.39, 0.29) is 11.1 Å². The minimum atomic E-state index is -0.443. The molecule has 1 heterocycles. The van der Waals surface area contributed by atoms with E-state index in [9.17, 15) is 9.59 Å². The first-order valence-electron chi connectivity index (χ1n) is 9.55. The van der Waals surface area contributed by atoms with Crippen molar-refractivity contribution in [2.45, 2.75) is 38.7 Å². The van der Waals surface area contributed by atoms with E-state index >= 15 is 0 Å². The van der Waals surface area contributed by atoms with Gasteiger partial charge in [0, 0.05) is 5.39 Å². The molecular formula is C23H21ClO4. The fraction of sp³-hybridized carbons (Fsp3) is 0.304. The lowest BCUT2D eigenvalue weighted by Crippen LogP contribution is -2.24. The summed E-state index contributed by atoms with van der Waals surface area (Å²) in [7, 11) is 0. The molecule has 1 saturated carbocycles. The van der Waals surface area contributed by atoms with Gasteiger partial charge in [-0.05, 0) is 55.0 Å². The monoisotopic (exact) mass is 396 g/mol. The SMILES string of the molecule is C[C@@H]1CCC[C@@H](OC(=O)c2ccc(-c3cc4ccccc4oc3=O)cc2Cl)C1. The third-order valence-corrected chi connectivity index (χ3v) is 5.62. The Kier molecular flexibility index (Phi) is 5.23. The molecule has 0 spiro atoms. The number of ether oxygens (including phenoxy) is 1. The Morgan fingerprint density at radius 1 is 1.14 bits per heavy atom. The summed E-state index contributed by atoms with van der Waals surface area (Å²) in [6, 6.07) is 14.0. The molecule has 0 saturated heterocycles. The minimum Gasteiger partial charge on any atom is -0.459 e. The van der Waals surface area contributed by atoms with Crippen molar-refractivity contribution in [3.63, 3.8) is 0 Å². The van der Waals surface area contributed by atoms with Gasteiger partial charge in [0.05, 0.1) is 16.1 Å². The quantitative estimate of drug-likeness (QED) is 0.411. The Morgan fingerprint density at radius 2 is 1.96 bits per heavy atom. The molecule has 0 bridgehead atoms. The number of carbonyl (C=O) groups is 1. The third kappa shape index (κ3) is 3.83. The molecule has 144 valence electrons. The normalized spacial score (nSPS) is 19.5. The van der Waals surface area contributed by atoms with Crippen molar-refractivity contribution < 1.29 is 13.9 Å². The van der Waals surface area contributed by atoms with Gasteiger partial charge in [0.2, 0.25) is 0 Å². The zero-order valence-electron chi connectivity index (χ0n) is 15.6. The number of rotatable bonds is 3. The van der Waals surface area contributed by atoms with Crippen molar-refractivity contribution in [1.29, 1.82) is 0 Å². The average molecular weight is 397 g/mol. The predicted octanol–water partition coefficient (Wildman–Crippen LogP) is 5.85. The van der Waals surface area contributed by atoms with Gasteiger partial charge in [0.25, 0.3) is 0 Å². The van der Waals surface area contributed by atoms with Crippen LogP contribution in [0.15, 0.2) is 57.7 Å². The maximum atomic E-state index is 12.5. The molecular weight excluding hydrogens is 376 g/mol. The fourth-order valence-corrected chi connectivity index (χ4v) is 4.07. The Hall–Kier alpha value is -2.59. The second-order valence-electron chi connectivity index (χ2n) is 7.48. The van der Waals surface area contributed by atoms with Crippen LogP contribution >= 0.6 is 11.6 Å². The van der Waals surface area contributed by atoms with Gasteiger partial charge in [-0.2, -0.15) is 0 Å². The van der Waals surface area contributed by atoms with Crippen LogP contribution in [0.4, 0.5) is 0 Å². The molecule has 4 rings (SSSR count). The van der Waals surface area contributed by atoms with E-state index in [1.807, 2.05) is 18.2 Å². The third-order valence-electron chi connectivity index (χ3n) is 5.30. The van der Waals surface area contributed by atoms with E-state index in [4.69, 9.17) is 20.8 Å². The molecule has 0 aliphatic heterocycles. The van der Waals surface area contributed by atoms with Crippen LogP contribution in [-0.4, -0.2) is 12.1 Å². The highest BCUT2D eigenvalue weighted by Crippen LogP contribution is 2.29. The first-order valence-corrected chi connectivity index (χ1v) is 9.93. The molecule has 2 atom stereocenters. The second-order valence-corrected chi connectivity index (χ2v) is 7.89. The van der Waals surface area contributed by atoms with Gasteiger partial charge in [0.15, 0.2) is 0 Å². The molecule has 1 aromatic heterocycles. The zero-order valence-corrected chi connectivity index (χ0v) is 16.4. The van der Waals surface area contributed by atoms with Crippen molar-refractivity contribution in [1.82, 2.24) is 0 Å². The largest absolute Gasteiger partial charge is 0.459 e. The lowest BCUT2D eigenvalue weighted by atomic mass is 9.89. The van der Waals surface area contributed by atoms with Crippen molar-refractivity contribution >= 4 is 28.5 Å². The van der Waals surface area contributed by atoms with Gasteiger partial charge in [-0.15, -0.1) is 0 Å². The molecule has 2 aromatic carbocycles. The summed E-state index contributed by atoms with van der Waals surface area (Å²) in [5.41, 5.74) is 1.41. The van der Waals surface area contributed by atoms with Crippen molar-refractivity contribution in [2.24, 2.45) is 5.92 Å². The maximum absolute atomic E-state index is 12.5. The van der Waals surface area contributed by atoms with E-state index in [0.717, 1.165) is 24.6 Å². The van der Waals surface area contributed by atoms with Crippen LogP contribution in [-0.2, 0) is 4.74 Å². The number of fused-ring (bicyclic) bond motifs is 1. The van der Waals surface area contributed by atoms with Crippen LogP contribution in [0.3, 0.4) is 0 Å². The number of halogens is 1. The molecule has 4 nitrogen and oxygen atoms in total. The van der Waals surface area contributed by atoms with E-state index in [1.165, 1.54) is 6.42 Å². The summed E-state index contributed by atoms with van der Waals surface area (Å²) in [5, 5.41) is 1.09. The van der Waals surface area contributed by atoms with Gasteiger partial charge in [-0.3, -0.25) is 0 Å². The predicted molar refractivity (Wildman–Crippen MR) is 110 cm³/mol. The fourth-order valence-electron chi connectivity index (χ4n) is 3.81. The number of esters is 1. The van der Waals surface area contributed by atoms with Crippen LogP contribution in [0.25, 0.3) is 22.1 Å². The van der Waals surface area contributed by atoms with Crippen LogP contribution in [0.2, 0.25) is 5.02 Å². The number of para-hydroxylation sites is 1. The Bertz CT molecular complexity index is 1090. The van der Waals surface area contributed by atoms with Gasteiger partial charge >= 0.3 is 11.6 Å². The zero-order chi connectivity index (χ0) is 19.7. The Balaban J connectivity index is 1.60. The summed E-state index contributed by atoms with van der Waals surface area (Å²) in [4.78, 5) is 24.9. The van der Waals surface area contributed by atoms with E-state index in [1.54, 1.807) is 30.3 Å². The molecule has 1 aliphatic rings. The van der Waals surface area contributed by atoms with Crippen LogP contribution in [0.5, 0.6) is 0 Å². The molecule has 0 amide bonds. The van der Waals surface area contributed by atoms with Gasteiger partial charge in [0.1, 0.15) is 11.7 Å². The highest BCUT2D eigenvalue weighted by molar-refractivity contribution is 6.33. The Morgan fingerprint density at radius 3 is 2.75 bits per heavy atom. The van der Waals surface area contributed by atoms with Crippen LogP contribution in [0.1, 0.15) is 43.0 Å². The van der Waals surface area contributed by atoms with Gasteiger partial charge < -0.3 is 9.15 Å². The summed E-state index contributed by atoms with van der Waals surface area (Å²) < 4.78 is 11.0. The molecule has 3 aromatic rings. The van der Waals surface area contributed by atoms with Crippen molar-refractivity contribution in [3.05, 3.63) is 69.5 Å². The smallest absolute Gasteiger partial charge is 0.344 e. The molecule has 0 radical (unpaired) electrons. The van der Waals surface area contributed by atoms with E-state index in [0.29, 0.717) is 28.2 Å². The average Bonchev–Trinajstić information content (AvgIpc) is 2.67. The van der Waals surface area contributed by atoms with Crippen molar-refractivity contribution in [2.75, 3.05) is 0 Å². The molecule has 5 heteroatoms. The molecule has 1 fully saturated rings. The lowest BCUT2D eigenvalue weighted by molar-refractivity contribution is 0.0155. The van der Waals surface area contributed by atoms with Gasteiger partial charge in [-0.25, -0.2) is 9.59 Å². The molecule has 0 unspecified atom stereocenters. The van der Waals surface area contributed by atoms with Crippen LogP contribution in [0, 0.1) is 5.92 Å². The number of hydrogen-bond donors (Lipinski definition) is 0. The number of benzene rings is 2. The summed E-state index contributed by atoms with van der Waals surface area (Å²) in [6.07, 6.45) is 3.98. The summed E-state index contributed by atoms with van der Waals surface area (Å²) in [6.45, 7) is 2.18. The standard InChI is InChI=1S/C23H21ClO4/c1-14-5-4-7-17(11-14)27-22(25)18-10-9-15(13-20(18)24)19-12-16-6-2-3-8-21(16)28-23(19)26/h2-3,6,8-10,12-14,17H,4-5,7,11H2,1H3/t14-,17-/m1/s1.